The maximum absolute atomic E-state index is 10.8. The Bertz CT molecular complexity index is 536. The van der Waals surface area contributed by atoms with E-state index in [1.807, 2.05) is 25.1 Å². The van der Waals surface area contributed by atoms with Crippen molar-refractivity contribution in [3.8, 4) is 10.4 Å². The van der Waals surface area contributed by atoms with Crippen LogP contribution in [0.2, 0.25) is 0 Å². The van der Waals surface area contributed by atoms with E-state index in [4.69, 9.17) is 5.73 Å². The van der Waals surface area contributed by atoms with Gasteiger partial charge in [-0.25, -0.2) is 0 Å². The van der Waals surface area contributed by atoms with Gasteiger partial charge in [0.1, 0.15) is 0 Å². The van der Waals surface area contributed by atoms with Crippen molar-refractivity contribution in [1.82, 2.24) is 5.32 Å². The number of hydrogen-bond donors (Lipinski definition) is 2. The molecular weight excluding hydrogens is 256 g/mol. The minimum Gasteiger partial charge on any atom is -0.370 e. The maximum atomic E-state index is 10.8. The van der Waals surface area contributed by atoms with Gasteiger partial charge in [-0.1, -0.05) is 30.3 Å². The number of carbonyl (C=O) groups is 1. The van der Waals surface area contributed by atoms with E-state index in [9.17, 15) is 4.79 Å². The minimum atomic E-state index is -0.267. The molecule has 1 heterocycles. The zero-order valence-electron chi connectivity index (χ0n) is 10.9. The highest BCUT2D eigenvalue weighted by atomic mass is 32.1. The van der Waals surface area contributed by atoms with E-state index < -0.39 is 0 Å². The van der Waals surface area contributed by atoms with Crippen LogP contribution in [0, 0.1) is 0 Å². The second kappa shape index (κ2) is 6.50. The molecule has 19 heavy (non-hydrogen) atoms. The van der Waals surface area contributed by atoms with Crippen molar-refractivity contribution in [2.24, 2.45) is 5.73 Å². The largest absolute Gasteiger partial charge is 0.370 e. The molecule has 0 aliphatic heterocycles. The summed E-state index contributed by atoms with van der Waals surface area (Å²) in [5.41, 5.74) is 6.41. The molecule has 3 nitrogen and oxygen atoms in total. The van der Waals surface area contributed by atoms with Crippen molar-refractivity contribution in [2.45, 2.75) is 25.9 Å². The van der Waals surface area contributed by atoms with Gasteiger partial charge >= 0.3 is 0 Å². The molecule has 1 unspecified atom stereocenters. The quantitative estimate of drug-likeness (QED) is 0.851. The van der Waals surface area contributed by atoms with Crippen LogP contribution in [0.5, 0.6) is 0 Å². The molecule has 0 spiro atoms. The maximum Gasteiger partial charge on any atom is 0.218 e. The number of primary amides is 1. The van der Waals surface area contributed by atoms with E-state index in [1.54, 1.807) is 11.3 Å². The number of amides is 1. The Morgan fingerprint density at radius 1 is 1.26 bits per heavy atom. The zero-order chi connectivity index (χ0) is 13.7. The first kappa shape index (κ1) is 13.8. The summed E-state index contributed by atoms with van der Waals surface area (Å²) in [4.78, 5) is 13.3. The lowest BCUT2D eigenvalue weighted by Crippen LogP contribution is -2.30. The lowest BCUT2D eigenvalue weighted by Gasteiger charge is -2.10. The molecule has 0 fully saturated rings. The fourth-order valence-corrected chi connectivity index (χ4v) is 2.84. The topological polar surface area (TPSA) is 55.1 Å². The lowest BCUT2D eigenvalue weighted by molar-refractivity contribution is -0.118. The van der Waals surface area contributed by atoms with Crippen LogP contribution in [-0.4, -0.2) is 11.9 Å². The molecule has 100 valence electrons. The molecule has 2 aromatic rings. The number of hydrogen-bond acceptors (Lipinski definition) is 3. The monoisotopic (exact) mass is 274 g/mol. The van der Waals surface area contributed by atoms with Gasteiger partial charge in [0.25, 0.3) is 0 Å². The average Bonchev–Trinajstić information content (AvgIpc) is 2.85. The summed E-state index contributed by atoms with van der Waals surface area (Å²) in [5.74, 6) is -0.267. The average molecular weight is 274 g/mol. The molecular formula is C15H18N2OS. The van der Waals surface area contributed by atoms with Gasteiger partial charge in [-0.2, -0.15) is 0 Å². The van der Waals surface area contributed by atoms with Crippen molar-refractivity contribution < 1.29 is 4.79 Å². The Kier molecular flexibility index (Phi) is 4.71. The highest BCUT2D eigenvalue weighted by Crippen LogP contribution is 2.27. The smallest absolute Gasteiger partial charge is 0.218 e. The van der Waals surface area contributed by atoms with E-state index in [2.05, 4.69) is 29.6 Å². The third-order valence-corrected chi connectivity index (χ3v) is 3.99. The first-order chi connectivity index (χ1) is 9.15. The Balaban J connectivity index is 1.93. The molecule has 4 heteroatoms. The third-order valence-electron chi connectivity index (χ3n) is 2.85. The molecule has 1 aromatic heterocycles. The van der Waals surface area contributed by atoms with Gasteiger partial charge in [-0.3, -0.25) is 4.79 Å². The Morgan fingerprint density at radius 3 is 2.68 bits per heavy atom. The summed E-state index contributed by atoms with van der Waals surface area (Å²) in [5, 5.41) is 3.30. The van der Waals surface area contributed by atoms with Crippen LogP contribution in [0.1, 0.15) is 18.2 Å². The van der Waals surface area contributed by atoms with Crippen LogP contribution in [0.15, 0.2) is 42.5 Å². The highest BCUT2D eigenvalue weighted by molar-refractivity contribution is 7.15. The fraction of sp³-hybridized carbons (Fsp3) is 0.267. The molecule has 2 rings (SSSR count). The number of benzene rings is 1. The van der Waals surface area contributed by atoms with Crippen LogP contribution in [0.4, 0.5) is 0 Å². The third kappa shape index (κ3) is 4.19. The van der Waals surface area contributed by atoms with E-state index in [0.29, 0.717) is 6.42 Å². The first-order valence-electron chi connectivity index (χ1n) is 6.31. The van der Waals surface area contributed by atoms with Gasteiger partial charge in [0, 0.05) is 28.8 Å². The second-order valence-corrected chi connectivity index (χ2v) is 5.75. The Hall–Kier alpha value is -1.65. The van der Waals surface area contributed by atoms with E-state index in [1.165, 1.54) is 15.3 Å². The number of thiophene rings is 1. The van der Waals surface area contributed by atoms with Crippen molar-refractivity contribution in [3.63, 3.8) is 0 Å². The van der Waals surface area contributed by atoms with Gasteiger partial charge in [-0.05, 0) is 24.6 Å². The molecule has 0 aliphatic rings. The summed E-state index contributed by atoms with van der Waals surface area (Å²) >= 11 is 1.77. The standard InChI is InChI=1S/C15H18N2OS/c1-11(9-15(16)18)17-10-13-7-8-14(19-13)12-5-3-2-4-6-12/h2-8,11,17H,9-10H2,1H3,(H2,16,18). The molecule has 0 aliphatic carbocycles. The first-order valence-corrected chi connectivity index (χ1v) is 7.12. The number of nitrogens with one attached hydrogen (secondary N) is 1. The number of carbonyl (C=O) groups excluding carboxylic acids is 1. The zero-order valence-corrected chi connectivity index (χ0v) is 11.7. The van der Waals surface area contributed by atoms with Crippen LogP contribution in [0.3, 0.4) is 0 Å². The SMILES string of the molecule is CC(CC(N)=O)NCc1ccc(-c2ccccc2)s1. The van der Waals surface area contributed by atoms with Crippen molar-refractivity contribution in [2.75, 3.05) is 0 Å². The lowest BCUT2D eigenvalue weighted by atomic mass is 10.2. The highest BCUT2D eigenvalue weighted by Gasteiger charge is 2.07. The predicted molar refractivity (Wildman–Crippen MR) is 79.9 cm³/mol. The fourth-order valence-electron chi connectivity index (χ4n) is 1.88. The van der Waals surface area contributed by atoms with Gasteiger partial charge in [0.05, 0.1) is 0 Å². The number of rotatable bonds is 6. The minimum absolute atomic E-state index is 0.111. The van der Waals surface area contributed by atoms with Crippen LogP contribution >= 0.6 is 11.3 Å². The van der Waals surface area contributed by atoms with E-state index >= 15 is 0 Å². The number of nitrogens with two attached hydrogens (primary N) is 1. The van der Waals surface area contributed by atoms with Crippen LogP contribution in [0.25, 0.3) is 10.4 Å². The predicted octanol–water partition coefficient (Wildman–Crippen LogP) is 2.77. The summed E-state index contributed by atoms with van der Waals surface area (Å²) in [6.45, 7) is 2.74. The Labute approximate surface area is 117 Å². The van der Waals surface area contributed by atoms with E-state index in [0.717, 1.165) is 6.54 Å². The molecule has 0 saturated heterocycles. The summed E-state index contributed by atoms with van der Waals surface area (Å²) in [7, 11) is 0. The normalized spacial score (nSPS) is 12.3. The molecule has 1 aromatic carbocycles. The Morgan fingerprint density at radius 2 is 2.00 bits per heavy atom. The van der Waals surface area contributed by atoms with Crippen molar-refractivity contribution in [1.29, 1.82) is 0 Å². The summed E-state index contributed by atoms with van der Waals surface area (Å²) in [6, 6.07) is 14.7. The summed E-state index contributed by atoms with van der Waals surface area (Å²) in [6.07, 6.45) is 0.372. The van der Waals surface area contributed by atoms with Crippen molar-refractivity contribution in [3.05, 3.63) is 47.3 Å². The van der Waals surface area contributed by atoms with Gasteiger partial charge in [0.15, 0.2) is 0 Å². The molecule has 0 bridgehead atoms. The van der Waals surface area contributed by atoms with Crippen LogP contribution in [-0.2, 0) is 11.3 Å². The molecule has 3 N–H and O–H groups in total. The van der Waals surface area contributed by atoms with Crippen molar-refractivity contribution >= 4 is 17.2 Å². The van der Waals surface area contributed by atoms with Crippen LogP contribution < -0.4 is 11.1 Å². The summed E-state index contributed by atoms with van der Waals surface area (Å²) < 4.78 is 0. The molecule has 0 radical (unpaired) electrons. The van der Waals surface area contributed by atoms with Gasteiger partial charge in [0.2, 0.25) is 5.91 Å². The van der Waals surface area contributed by atoms with E-state index in [-0.39, 0.29) is 11.9 Å². The van der Waals surface area contributed by atoms with Gasteiger partial charge < -0.3 is 11.1 Å². The molecule has 1 atom stereocenters. The molecule has 0 saturated carbocycles. The second-order valence-electron chi connectivity index (χ2n) is 4.58. The van der Waals surface area contributed by atoms with Gasteiger partial charge in [-0.15, -0.1) is 11.3 Å². The molecule has 1 amide bonds.